The molecule has 0 fully saturated rings. The van der Waals surface area contributed by atoms with Gasteiger partial charge >= 0.3 is 0 Å². The first kappa shape index (κ1) is 8.01. The highest BCUT2D eigenvalue weighted by atomic mass is 79.9. The Balaban J connectivity index is 2.75. The SMILES string of the molecule is CCSc1cncc(Br)n1. The van der Waals surface area contributed by atoms with Gasteiger partial charge in [-0.25, -0.2) is 4.98 Å². The standard InChI is InChI=1S/C6H7BrN2S/c1-2-10-6-4-8-3-5(7)9-6/h3-4H,2H2,1H3. The lowest BCUT2D eigenvalue weighted by atomic mass is 10.8. The van der Waals surface area contributed by atoms with Crippen molar-refractivity contribution in [3.63, 3.8) is 0 Å². The highest BCUT2D eigenvalue weighted by Gasteiger charge is 1.93. The third-order valence-corrected chi connectivity index (χ3v) is 2.04. The maximum absolute atomic E-state index is 4.18. The van der Waals surface area contributed by atoms with E-state index in [9.17, 15) is 0 Å². The summed E-state index contributed by atoms with van der Waals surface area (Å²) in [5, 5.41) is 0.969. The second-order valence-corrected chi connectivity index (χ2v) is 3.71. The molecule has 0 N–H and O–H groups in total. The highest BCUT2D eigenvalue weighted by molar-refractivity contribution is 9.10. The fourth-order valence-electron chi connectivity index (χ4n) is 0.543. The van der Waals surface area contributed by atoms with Crippen molar-refractivity contribution in [1.29, 1.82) is 0 Å². The van der Waals surface area contributed by atoms with Crippen molar-refractivity contribution in [2.75, 3.05) is 5.75 Å². The molecule has 0 radical (unpaired) electrons. The van der Waals surface area contributed by atoms with Gasteiger partial charge in [-0.15, -0.1) is 11.8 Å². The Labute approximate surface area is 72.6 Å². The van der Waals surface area contributed by atoms with E-state index >= 15 is 0 Å². The van der Waals surface area contributed by atoms with Crippen LogP contribution in [-0.2, 0) is 0 Å². The van der Waals surface area contributed by atoms with Crippen LogP contribution in [-0.4, -0.2) is 15.7 Å². The fourth-order valence-corrected chi connectivity index (χ4v) is 1.56. The minimum Gasteiger partial charge on any atom is -0.259 e. The number of thioether (sulfide) groups is 1. The molecule has 1 heterocycles. The number of hydrogen-bond acceptors (Lipinski definition) is 3. The van der Waals surface area contributed by atoms with Gasteiger partial charge in [0.05, 0.1) is 12.4 Å². The second kappa shape index (κ2) is 3.93. The lowest BCUT2D eigenvalue weighted by Gasteiger charge is -1.94. The van der Waals surface area contributed by atoms with Crippen LogP contribution in [0.15, 0.2) is 22.0 Å². The van der Waals surface area contributed by atoms with E-state index in [2.05, 4.69) is 32.8 Å². The van der Waals surface area contributed by atoms with Gasteiger partial charge in [0.2, 0.25) is 0 Å². The largest absolute Gasteiger partial charge is 0.259 e. The summed E-state index contributed by atoms with van der Waals surface area (Å²) in [6.07, 6.45) is 3.44. The monoisotopic (exact) mass is 218 g/mol. The van der Waals surface area contributed by atoms with E-state index in [0.717, 1.165) is 15.4 Å². The third kappa shape index (κ3) is 2.27. The Hall–Kier alpha value is -0.0900. The van der Waals surface area contributed by atoms with Gasteiger partial charge in [0, 0.05) is 0 Å². The van der Waals surface area contributed by atoms with Gasteiger partial charge in [-0.1, -0.05) is 6.92 Å². The van der Waals surface area contributed by atoms with Crippen LogP contribution >= 0.6 is 27.7 Å². The summed E-state index contributed by atoms with van der Waals surface area (Å²) >= 11 is 4.93. The Bertz CT molecular complexity index is 217. The molecule has 0 atom stereocenters. The Morgan fingerprint density at radius 1 is 1.60 bits per heavy atom. The van der Waals surface area contributed by atoms with Crippen molar-refractivity contribution in [3.05, 3.63) is 17.0 Å². The Morgan fingerprint density at radius 3 is 3.00 bits per heavy atom. The zero-order chi connectivity index (χ0) is 7.40. The molecule has 0 amide bonds. The number of nitrogens with zero attached hydrogens (tertiary/aromatic N) is 2. The number of aromatic nitrogens is 2. The summed E-state index contributed by atoms with van der Waals surface area (Å²) in [5.41, 5.74) is 0. The molecular weight excluding hydrogens is 212 g/mol. The van der Waals surface area contributed by atoms with Gasteiger partial charge in [0.25, 0.3) is 0 Å². The van der Waals surface area contributed by atoms with Crippen molar-refractivity contribution >= 4 is 27.7 Å². The average Bonchev–Trinajstić information content (AvgIpc) is 1.88. The summed E-state index contributed by atoms with van der Waals surface area (Å²) in [5.74, 6) is 1.03. The van der Waals surface area contributed by atoms with Gasteiger partial charge in [0.15, 0.2) is 0 Å². The summed E-state index contributed by atoms with van der Waals surface area (Å²) in [4.78, 5) is 8.15. The number of halogens is 1. The molecule has 10 heavy (non-hydrogen) atoms. The maximum atomic E-state index is 4.18. The summed E-state index contributed by atoms with van der Waals surface area (Å²) in [6, 6.07) is 0. The number of hydrogen-bond donors (Lipinski definition) is 0. The summed E-state index contributed by atoms with van der Waals surface area (Å²) in [6.45, 7) is 2.09. The van der Waals surface area contributed by atoms with Crippen molar-refractivity contribution in [2.24, 2.45) is 0 Å². The molecule has 2 nitrogen and oxygen atoms in total. The first-order valence-electron chi connectivity index (χ1n) is 2.93. The van der Waals surface area contributed by atoms with Gasteiger partial charge in [0.1, 0.15) is 9.63 Å². The molecule has 0 aliphatic rings. The topological polar surface area (TPSA) is 25.8 Å². The quantitative estimate of drug-likeness (QED) is 0.714. The normalized spacial score (nSPS) is 9.80. The average molecular weight is 219 g/mol. The molecule has 0 saturated heterocycles. The molecule has 0 saturated carbocycles. The van der Waals surface area contributed by atoms with Crippen LogP contribution < -0.4 is 0 Å². The molecule has 4 heteroatoms. The van der Waals surface area contributed by atoms with Crippen molar-refractivity contribution < 1.29 is 0 Å². The van der Waals surface area contributed by atoms with Crippen LogP contribution in [0.4, 0.5) is 0 Å². The molecule has 0 aromatic carbocycles. The maximum Gasteiger partial charge on any atom is 0.125 e. The predicted molar refractivity (Wildman–Crippen MR) is 46.1 cm³/mol. The van der Waals surface area contributed by atoms with E-state index in [4.69, 9.17) is 0 Å². The van der Waals surface area contributed by atoms with Gasteiger partial charge in [-0.05, 0) is 21.7 Å². The molecule has 1 rings (SSSR count). The van der Waals surface area contributed by atoms with Crippen molar-refractivity contribution in [3.8, 4) is 0 Å². The lowest BCUT2D eigenvalue weighted by molar-refractivity contribution is 1.03. The van der Waals surface area contributed by atoms with Crippen LogP contribution in [0.3, 0.4) is 0 Å². The third-order valence-electron chi connectivity index (χ3n) is 0.875. The predicted octanol–water partition coefficient (Wildman–Crippen LogP) is 2.35. The molecule has 54 valence electrons. The van der Waals surface area contributed by atoms with Gasteiger partial charge < -0.3 is 0 Å². The summed E-state index contributed by atoms with van der Waals surface area (Å²) in [7, 11) is 0. The fraction of sp³-hybridized carbons (Fsp3) is 0.333. The molecule has 0 unspecified atom stereocenters. The van der Waals surface area contributed by atoms with Crippen molar-refractivity contribution in [1.82, 2.24) is 9.97 Å². The minimum atomic E-state index is 0.797. The first-order valence-corrected chi connectivity index (χ1v) is 4.71. The molecule has 0 spiro atoms. The van der Waals surface area contributed by atoms with Crippen LogP contribution in [0.2, 0.25) is 0 Å². The van der Waals surface area contributed by atoms with Crippen LogP contribution in [0.25, 0.3) is 0 Å². The molecule has 0 aliphatic heterocycles. The van der Waals surface area contributed by atoms with E-state index in [-0.39, 0.29) is 0 Å². The van der Waals surface area contributed by atoms with E-state index < -0.39 is 0 Å². The zero-order valence-corrected chi connectivity index (χ0v) is 7.94. The van der Waals surface area contributed by atoms with E-state index in [0.29, 0.717) is 0 Å². The van der Waals surface area contributed by atoms with Gasteiger partial charge in [-0.3, -0.25) is 4.98 Å². The van der Waals surface area contributed by atoms with Crippen LogP contribution in [0, 0.1) is 0 Å². The molecular formula is C6H7BrN2S. The molecule has 0 bridgehead atoms. The highest BCUT2D eigenvalue weighted by Crippen LogP contribution is 2.14. The Morgan fingerprint density at radius 2 is 2.40 bits per heavy atom. The Kier molecular flexibility index (Phi) is 3.15. The molecule has 1 aromatic heterocycles. The minimum absolute atomic E-state index is 0.797. The smallest absolute Gasteiger partial charge is 0.125 e. The van der Waals surface area contributed by atoms with E-state index in [1.807, 2.05) is 0 Å². The van der Waals surface area contributed by atoms with Gasteiger partial charge in [-0.2, -0.15) is 0 Å². The van der Waals surface area contributed by atoms with Crippen LogP contribution in [0.5, 0.6) is 0 Å². The number of rotatable bonds is 2. The van der Waals surface area contributed by atoms with Crippen LogP contribution in [0.1, 0.15) is 6.92 Å². The van der Waals surface area contributed by atoms with Crippen molar-refractivity contribution in [2.45, 2.75) is 11.9 Å². The summed E-state index contributed by atoms with van der Waals surface area (Å²) < 4.78 is 0.797. The lowest BCUT2D eigenvalue weighted by Crippen LogP contribution is -1.82. The second-order valence-electron chi connectivity index (χ2n) is 1.61. The molecule has 0 aliphatic carbocycles. The van der Waals surface area contributed by atoms with E-state index in [1.54, 1.807) is 24.2 Å². The zero-order valence-electron chi connectivity index (χ0n) is 5.54. The van der Waals surface area contributed by atoms with E-state index in [1.165, 1.54) is 0 Å². The molecule has 1 aromatic rings. The first-order chi connectivity index (χ1) is 4.83.